The summed E-state index contributed by atoms with van der Waals surface area (Å²) in [5.74, 6) is 0.126. The summed E-state index contributed by atoms with van der Waals surface area (Å²) in [5, 5.41) is 11.0. The summed E-state index contributed by atoms with van der Waals surface area (Å²) in [6.07, 6.45) is 5.96. The predicted molar refractivity (Wildman–Crippen MR) is 111 cm³/mol. The molecule has 1 aromatic heterocycles. The molecule has 2 amide bonds. The van der Waals surface area contributed by atoms with E-state index < -0.39 is 4.92 Å². The van der Waals surface area contributed by atoms with Crippen molar-refractivity contribution >= 4 is 17.5 Å². The number of benzene rings is 1. The molecule has 0 N–H and O–H groups in total. The molecule has 1 saturated heterocycles. The van der Waals surface area contributed by atoms with Gasteiger partial charge in [0.2, 0.25) is 0 Å². The second kappa shape index (κ2) is 15.8. The first-order valence-electron chi connectivity index (χ1n) is 7.49. The van der Waals surface area contributed by atoms with Gasteiger partial charge >= 0.3 is 0 Å². The van der Waals surface area contributed by atoms with Crippen LogP contribution in [0.3, 0.4) is 0 Å². The molecule has 10 nitrogen and oxygen atoms in total. The van der Waals surface area contributed by atoms with E-state index in [1.54, 1.807) is 24.7 Å². The number of hydrogen-bond acceptors (Lipinski definition) is 7. The molecule has 0 spiro atoms. The Morgan fingerprint density at radius 2 is 1.55 bits per heavy atom. The van der Waals surface area contributed by atoms with Gasteiger partial charge in [0.1, 0.15) is 5.75 Å². The quantitative estimate of drug-likeness (QED) is 0.429. The van der Waals surface area contributed by atoms with Crippen molar-refractivity contribution in [2.24, 2.45) is 7.05 Å². The standard InChI is InChI=1S/C7H7NO3.C5H7NO3.C4H6N2.3CH4/c1-11-7-4-2-6(3-5-7)8(9)10;1-9-6-4(7)2-3-5(6)8;1-6-3-2-5-4-6;;;/h2-5H,1H3;2-3H2,1H3;2-4H,1H3;3*1H4. The maximum absolute atomic E-state index is 10.6. The molecule has 1 fully saturated rings. The first-order chi connectivity index (χ1) is 12.4. The van der Waals surface area contributed by atoms with Gasteiger partial charge in [-0.25, -0.2) is 4.98 Å². The van der Waals surface area contributed by atoms with E-state index in [0.29, 0.717) is 5.75 Å². The molecule has 10 heteroatoms. The lowest BCUT2D eigenvalue weighted by Crippen LogP contribution is -2.27. The van der Waals surface area contributed by atoms with Crippen molar-refractivity contribution < 1.29 is 24.1 Å². The highest BCUT2D eigenvalue weighted by Gasteiger charge is 2.28. The lowest BCUT2D eigenvalue weighted by molar-refractivity contribution is -0.384. The number of nitrogens with zero attached hydrogens (tertiary/aromatic N) is 4. The Morgan fingerprint density at radius 1 is 1.03 bits per heavy atom. The van der Waals surface area contributed by atoms with Crippen molar-refractivity contribution in [2.75, 3.05) is 14.2 Å². The number of nitro groups is 1. The average Bonchev–Trinajstić information content (AvgIpc) is 3.24. The van der Waals surface area contributed by atoms with E-state index >= 15 is 0 Å². The molecule has 1 aliphatic heterocycles. The van der Waals surface area contributed by atoms with Gasteiger partial charge < -0.3 is 9.30 Å². The van der Waals surface area contributed by atoms with Gasteiger partial charge in [0.25, 0.3) is 17.5 Å². The number of ether oxygens (including phenoxy) is 1. The van der Waals surface area contributed by atoms with Gasteiger partial charge in [-0.1, -0.05) is 22.3 Å². The normalized spacial score (nSPS) is 11.3. The molecule has 0 radical (unpaired) electrons. The smallest absolute Gasteiger partial charge is 0.269 e. The predicted octanol–water partition coefficient (Wildman–Crippen LogP) is 3.63. The van der Waals surface area contributed by atoms with E-state index in [1.165, 1.54) is 26.4 Å². The Morgan fingerprint density at radius 3 is 1.79 bits per heavy atom. The van der Waals surface area contributed by atoms with Crippen molar-refractivity contribution in [3.8, 4) is 5.75 Å². The van der Waals surface area contributed by atoms with Crippen LogP contribution in [0.1, 0.15) is 35.1 Å². The highest BCUT2D eigenvalue weighted by molar-refractivity contribution is 6.00. The van der Waals surface area contributed by atoms with E-state index in [9.17, 15) is 19.7 Å². The highest BCUT2D eigenvalue weighted by atomic mass is 16.7. The number of methoxy groups -OCH3 is 1. The molecule has 0 bridgehead atoms. The van der Waals surface area contributed by atoms with E-state index in [-0.39, 0.29) is 52.6 Å². The first kappa shape index (κ1) is 30.5. The maximum Gasteiger partial charge on any atom is 0.269 e. The third-order valence-electron chi connectivity index (χ3n) is 3.11. The number of amides is 2. The summed E-state index contributed by atoms with van der Waals surface area (Å²) in [7, 11) is 4.76. The maximum atomic E-state index is 10.6. The van der Waals surface area contributed by atoms with E-state index in [1.807, 2.05) is 17.8 Å². The van der Waals surface area contributed by atoms with Gasteiger partial charge in [-0.05, 0) is 12.1 Å². The number of nitro benzene ring substituents is 1. The summed E-state index contributed by atoms with van der Waals surface area (Å²) >= 11 is 0. The van der Waals surface area contributed by atoms with Crippen LogP contribution < -0.4 is 4.74 Å². The Labute approximate surface area is 172 Å². The van der Waals surface area contributed by atoms with Crippen LogP contribution in [0.2, 0.25) is 0 Å². The van der Waals surface area contributed by atoms with E-state index in [4.69, 9.17) is 4.74 Å². The Balaban J connectivity index is -0.000000344. The number of carbonyl (C=O) groups is 2. The molecular weight excluding hydrogens is 380 g/mol. The number of rotatable bonds is 3. The van der Waals surface area contributed by atoms with Crippen LogP contribution in [0.15, 0.2) is 43.0 Å². The van der Waals surface area contributed by atoms with E-state index in [2.05, 4.69) is 9.82 Å². The first-order valence-corrected chi connectivity index (χ1v) is 7.49. The molecule has 0 aliphatic carbocycles. The van der Waals surface area contributed by atoms with Gasteiger partial charge in [0, 0.05) is 44.4 Å². The van der Waals surface area contributed by atoms with Gasteiger partial charge in [-0.3, -0.25) is 24.5 Å². The third kappa shape index (κ3) is 10.6. The number of aryl methyl sites for hydroxylation is 1. The zero-order valence-electron chi connectivity index (χ0n) is 14.7. The van der Waals surface area contributed by atoms with Crippen molar-refractivity contribution in [2.45, 2.75) is 35.1 Å². The molecule has 29 heavy (non-hydrogen) atoms. The fraction of sp³-hybridized carbons (Fsp3) is 0.421. The largest absolute Gasteiger partial charge is 0.497 e. The highest BCUT2D eigenvalue weighted by Crippen LogP contribution is 2.16. The minimum absolute atomic E-state index is 0. The lowest BCUT2D eigenvalue weighted by Gasteiger charge is -2.07. The van der Waals surface area contributed by atoms with Crippen LogP contribution in [0.5, 0.6) is 5.75 Å². The minimum atomic E-state index is -0.445. The minimum Gasteiger partial charge on any atom is -0.497 e. The lowest BCUT2D eigenvalue weighted by atomic mass is 10.3. The monoisotopic (exact) mass is 412 g/mol. The zero-order chi connectivity index (χ0) is 19.5. The third-order valence-corrected chi connectivity index (χ3v) is 3.11. The van der Waals surface area contributed by atoms with Crippen molar-refractivity contribution in [1.29, 1.82) is 0 Å². The number of carbonyl (C=O) groups excluding carboxylic acids is 2. The molecule has 1 aromatic carbocycles. The van der Waals surface area contributed by atoms with Gasteiger partial charge in [-0.2, -0.15) is 5.06 Å². The number of imide groups is 1. The van der Waals surface area contributed by atoms with Crippen LogP contribution in [-0.4, -0.2) is 45.6 Å². The van der Waals surface area contributed by atoms with Gasteiger partial charge in [0.15, 0.2) is 0 Å². The van der Waals surface area contributed by atoms with Gasteiger partial charge in [0.05, 0.1) is 25.5 Å². The number of hydrogen-bond donors (Lipinski definition) is 0. The number of non-ortho nitro benzene ring substituents is 1. The molecule has 164 valence electrons. The van der Waals surface area contributed by atoms with Crippen LogP contribution in [-0.2, 0) is 21.5 Å². The fourth-order valence-corrected chi connectivity index (χ4v) is 1.79. The van der Waals surface area contributed by atoms with Crippen LogP contribution in [0, 0.1) is 10.1 Å². The summed E-state index contributed by atoms with van der Waals surface area (Å²) < 4.78 is 6.72. The molecule has 0 atom stereocenters. The Bertz CT molecular complexity index is 701. The molecule has 1 aliphatic rings. The zero-order valence-corrected chi connectivity index (χ0v) is 14.7. The van der Waals surface area contributed by atoms with Crippen molar-refractivity contribution in [3.05, 3.63) is 53.1 Å². The van der Waals surface area contributed by atoms with Crippen LogP contribution in [0.4, 0.5) is 5.69 Å². The number of aromatic nitrogens is 2. The van der Waals surface area contributed by atoms with Crippen molar-refractivity contribution in [1.82, 2.24) is 14.6 Å². The Hall–Kier alpha value is -3.27. The molecule has 0 saturated carbocycles. The second-order valence-electron chi connectivity index (χ2n) is 4.95. The summed E-state index contributed by atoms with van der Waals surface area (Å²) in [5.41, 5.74) is 0.0748. The second-order valence-corrected chi connectivity index (χ2v) is 4.95. The fourth-order valence-electron chi connectivity index (χ4n) is 1.79. The summed E-state index contributed by atoms with van der Waals surface area (Å²) in [6, 6.07) is 5.91. The number of imidazole rings is 1. The average molecular weight is 412 g/mol. The molecule has 3 rings (SSSR count). The molecular formula is C19H32N4O6. The van der Waals surface area contributed by atoms with E-state index in [0.717, 1.165) is 5.06 Å². The SMILES string of the molecule is C.C.C.CON1C(=O)CCC1=O.COc1ccc([N+](=O)[O-])cc1.Cn1ccnc1. The number of hydroxylamine groups is 2. The van der Waals surface area contributed by atoms with Gasteiger partial charge in [-0.15, -0.1) is 0 Å². The summed E-state index contributed by atoms with van der Waals surface area (Å²) in [4.78, 5) is 39.2. The Kier molecular flexibility index (Phi) is 16.5. The molecule has 0 unspecified atom stereocenters. The van der Waals surface area contributed by atoms with Crippen LogP contribution in [0.25, 0.3) is 0 Å². The topological polar surface area (TPSA) is 117 Å². The van der Waals surface area contributed by atoms with Crippen molar-refractivity contribution in [3.63, 3.8) is 0 Å². The van der Waals surface area contributed by atoms with Crippen LogP contribution >= 0.6 is 0 Å². The summed E-state index contributed by atoms with van der Waals surface area (Å²) in [6.45, 7) is 0. The molecule has 2 heterocycles. The molecule has 2 aromatic rings.